The van der Waals surface area contributed by atoms with Crippen molar-refractivity contribution < 1.29 is 39.6 Å². The van der Waals surface area contributed by atoms with Crippen molar-refractivity contribution in [3.05, 3.63) is 0 Å². The first-order valence-electron chi connectivity index (χ1n) is 14.7. The number of hydrogen-bond donors (Lipinski definition) is 5. The van der Waals surface area contributed by atoms with Gasteiger partial charge < -0.3 is 40.4 Å². The Morgan fingerprint density at radius 2 is 1.39 bits per heavy atom. The molecule has 3 amide bonds. The summed E-state index contributed by atoms with van der Waals surface area (Å²) in [6.07, 6.45) is 7.23. The largest absolute Gasteiger partial charge is 0.479 e. The Morgan fingerprint density at radius 3 is 1.83 bits per heavy atom. The van der Waals surface area contributed by atoms with Crippen LogP contribution in [-0.2, 0) is 14.4 Å². The van der Waals surface area contributed by atoms with Crippen LogP contribution in [0.25, 0.3) is 0 Å². The lowest BCUT2D eigenvalue weighted by atomic mass is 9.49. The molecule has 5 rings (SSSR count). The average molecular weight is 601 g/mol. The fraction of sp³-hybridized carbons (Fsp3) is 0.857. The van der Waals surface area contributed by atoms with Crippen LogP contribution in [0.15, 0.2) is 0 Å². The monoisotopic (exact) mass is 600 g/mol. The summed E-state index contributed by atoms with van der Waals surface area (Å²) in [4.78, 5) is 51.6. The van der Waals surface area contributed by atoms with E-state index in [2.05, 4.69) is 23.5 Å². The van der Waals surface area contributed by atoms with E-state index in [9.17, 15) is 19.2 Å². The van der Waals surface area contributed by atoms with Crippen molar-refractivity contribution in [1.82, 2.24) is 20.0 Å². The first kappa shape index (κ1) is 33.4. The number of carboxylic acid groups (broad SMARTS) is 2. The van der Waals surface area contributed by atoms with Crippen molar-refractivity contribution >= 4 is 35.6 Å². The summed E-state index contributed by atoms with van der Waals surface area (Å²) >= 11 is 1.78. The SMILES string of the molecule is CSCCN(CCC12CC3CC(CC(C3)C1)C2)C(=O)N[C@@H](C)C(=O)N1CCN(C)CC1.O=C(O)[C@H](O)[C@@H](O)C(=O)O. The van der Waals surface area contributed by atoms with Gasteiger partial charge in [-0.05, 0) is 88.3 Å². The van der Waals surface area contributed by atoms with Crippen LogP contribution < -0.4 is 5.32 Å². The third-order valence-electron chi connectivity index (χ3n) is 9.26. The topological polar surface area (TPSA) is 171 Å². The summed E-state index contributed by atoms with van der Waals surface area (Å²) in [6, 6.07) is -0.527. The predicted octanol–water partition coefficient (Wildman–Crippen LogP) is 1.01. The molecule has 5 N–H and O–H groups in total. The summed E-state index contributed by atoms with van der Waals surface area (Å²) in [7, 11) is 2.08. The molecule has 0 unspecified atom stereocenters. The van der Waals surface area contributed by atoms with E-state index in [1.807, 2.05) is 16.7 Å². The van der Waals surface area contributed by atoms with Gasteiger partial charge in [0, 0.05) is 45.0 Å². The number of hydrogen-bond acceptors (Lipinski definition) is 8. The molecule has 1 heterocycles. The molecule has 41 heavy (non-hydrogen) atoms. The van der Waals surface area contributed by atoms with Gasteiger partial charge in [-0.25, -0.2) is 14.4 Å². The van der Waals surface area contributed by atoms with Gasteiger partial charge in [-0.1, -0.05) is 0 Å². The van der Waals surface area contributed by atoms with Crippen LogP contribution >= 0.6 is 11.8 Å². The van der Waals surface area contributed by atoms with Gasteiger partial charge in [0.05, 0.1) is 0 Å². The van der Waals surface area contributed by atoms with Crippen molar-refractivity contribution in [2.45, 2.75) is 70.1 Å². The predicted molar refractivity (Wildman–Crippen MR) is 155 cm³/mol. The highest BCUT2D eigenvalue weighted by atomic mass is 32.2. The standard InChI is InChI=1S/C24H42N4O2S.C4H6O6/c1-18(22(29)27-8-6-26(2)7-9-27)25-23(30)28(10-11-31-3)5-4-24-15-19-12-20(16-24)14-21(13-19)17-24;5-1(3(7)8)2(6)4(9)10/h18-21H,4-17H2,1-3H3,(H,25,30);1-2,5-6H,(H,7,8)(H,9,10)/t18-,19?,20?,21?,24?;1-,2-/m01/s1. The van der Waals surface area contributed by atoms with Crippen molar-refractivity contribution in [2.24, 2.45) is 23.2 Å². The van der Waals surface area contributed by atoms with Crippen LogP contribution in [-0.4, -0.2) is 136 Å². The number of piperazine rings is 1. The molecule has 4 bridgehead atoms. The van der Waals surface area contributed by atoms with E-state index in [1.165, 1.54) is 38.5 Å². The molecule has 4 aliphatic carbocycles. The zero-order chi connectivity index (χ0) is 30.3. The second-order valence-corrected chi connectivity index (χ2v) is 13.5. The average Bonchev–Trinajstić information content (AvgIpc) is 2.91. The minimum Gasteiger partial charge on any atom is -0.479 e. The molecular formula is C28H48N4O8S. The molecule has 0 aromatic heterocycles. The molecule has 13 heteroatoms. The van der Waals surface area contributed by atoms with Gasteiger partial charge in [0.15, 0.2) is 12.2 Å². The Hall–Kier alpha value is -2.09. The highest BCUT2D eigenvalue weighted by Gasteiger charge is 2.50. The van der Waals surface area contributed by atoms with Gasteiger partial charge >= 0.3 is 18.0 Å². The number of carboxylic acids is 2. The molecular weight excluding hydrogens is 552 g/mol. The molecule has 0 radical (unpaired) electrons. The van der Waals surface area contributed by atoms with Gasteiger partial charge in [0.25, 0.3) is 0 Å². The van der Waals surface area contributed by atoms with E-state index in [1.54, 1.807) is 11.8 Å². The molecule has 5 fully saturated rings. The number of nitrogens with one attached hydrogen (secondary N) is 1. The number of carbonyl (C=O) groups excluding carboxylic acids is 2. The Bertz CT molecular complexity index is 875. The molecule has 0 aromatic rings. The normalized spacial score (nSPS) is 29.1. The van der Waals surface area contributed by atoms with E-state index in [0.717, 1.165) is 69.2 Å². The number of amides is 3. The number of aliphatic carboxylic acids is 2. The summed E-state index contributed by atoms with van der Waals surface area (Å²) in [5.74, 6) is 0.287. The number of urea groups is 1. The number of aliphatic hydroxyl groups excluding tert-OH is 2. The van der Waals surface area contributed by atoms with Gasteiger partial charge in [0.1, 0.15) is 6.04 Å². The van der Waals surface area contributed by atoms with Gasteiger partial charge in [-0.3, -0.25) is 4.79 Å². The fourth-order valence-electron chi connectivity index (χ4n) is 7.39. The van der Waals surface area contributed by atoms with Crippen molar-refractivity contribution in [3.63, 3.8) is 0 Å². The smallest absolute Gasteiger partial charge is 0.335 e. The minimum absolute atomic E-state index is 0.0485. The lowest BCUT2D eigenvalue weighted by Gasteiger charge is -2.57. The van der Waals surface area contributed by atoms with Crippen molar-refractivity contribution in [1.29, 1.82) is 0 Å². The van der Waals surface area contributed by atoms with E-state index in [-0.39, 0.29) is 11.9 Å². The number of rotatable bonds is 11. The number of thioether (sulfide) groups is 1. The third kappa shape index (κ3) is 9.20. The molecule has 1 aliphatic heterocycles. The third-order valence-corrected chi connectivity index (χ3v) is 9.85. The van der Waals surface area contributed by atoms with Crippen LogP contribution in [0.4, 0.5) is 4.79 Å². The molecule has 5 aliphatic rings. The zero-order valence-electron chi connectivity index (χ0n) is 24.5. The van der Waals surface area contributed by atoms with Crippen molar-refractivity contribution in [2.75, 3.05) is 58.3 Å². The number of carbonyl (C=O) groups is 4. The Kier molecular flexibility index (Phi) is 12.1. The number of nitrogens with zero attached hydrogens (tertiary/aromatic N) is 3. The molecule has 0 spiro atoms. The molecule has 0 aromatic carbocycles. The van der Waals surface area contributed by atoms with Crippen LogP contribution in [0.1, 0.15) is 51.9 Å². The minimum atomic E-state index is -2.27. The second kappa shape index (κ2) is 14.9. The molecule has 234 valence electrons. The van der Waals surface area contributed by atoms with Crippen LogP contribution in [0.2, 0.25) is 0 Å². The van der Waals surface area contributed by atoms with E-state index >= 15 is 0 Å². The van der Waals surface area contributed by atoms with Crippen molar-refractivity contribution in [3.8, 4) is 0 Å². The highest BCUT2D eigenvalue weighted by molar-refractivity contribution is 7.98. The Labute approximate surface area is 246 Å². The van der Waals surface area contributed by atoms with Gasteiger partial charge in [-0.2, -0.15) is 11.8 Å². The lowest BCUT2D eigenvalue weighted by Crippen LogP contribution is -2.55. The summed E-state index contributed by atoms with van der Waals surface area (Å²) in [6.45, 7) is 6.72. The van der Waals surface area contributed by atoms with Gasteiger partial charge in [0.2, 0.25) is 5.91 Å². The van der Waals surface area contributed by atoms with E-state index in [0.29, 0.717) is 5.41 Å². The van der Waals surface area contributed by atoms with Gasteiger partial charge in [-0.15, -0.1) is 0 Å². The molecule has 4 saturated carbocycles. The maximum absolute atomic E-state index is 13.1. The van der Waals surface area contributed by atoms with Crippen LogP contribution in [0.3, 0.4) is 0 Å². The highest BCUT2D eigenvalue weighted by Crippen LogP contribution is 2.61. The zero-order valence-corrected chi connectivity index (χ0v) is 25.4. The molecule has 1 saturated heterocycles. The Balaban J connectivity index is 0.000000397. The van der Waals surface area contributed by atoms with E-state index < -0.39 is 30.2 Å². The summed E-state index contributed by atoms with van der Waals surface area (Å²) < 4.78 is 0. The number of aliphatic hydroxyl groups is 2. The summed E-state index contributed by atoms with van der Waals surface area (Å²) in [5.41, 5.74) is 0.480. The first-order chi connectivity index (χ1) is 19.3. The van der Waals surface area contributed by atoms with Crippen LogP contribution in [0, 0.1) is 23.2 Å². The molecule has 3 atom stereocenters. The summed E-state index contributed by atoms with van der Waals surface area (Å²) in [5, 5.41) is 35.6. The maximum Gasteiger partial charge on any atom is 0.335 e. The Morgan fingerprint density at radius 1 is 0.902 bits per heavy atom. The van der Waals surface area contributed by atoms with E-state index in [4.69, 9.17) is 20.4 Å². The quantitative estimate of drug-likeness (QED) is 0.231. The number of likely N-dealkylation sites (N-methyl/N-ethyl adjacent to an activating group) is 1. The second-order valence-electron chi connectivity index (χ2n) is 12.5. The lowest BCUT2D eigenvalue weighted by molar-refractivity contribution is -0.165. The van der Waals surface area contributed by atoms with Crippen LogP contribution in [0.5, 0.6) is 0 Å². The maximum atomic E-state index is 13.1. The fourth-order valence-corrected chi connectivity index (χ4v) is 7.80. The molecule has 12 nitrogen and oxygen atoms in total. The first-order valence-corrected chi connectivity index (χ1v) is 16.1.